The van der Waals surface area contributed by atoms with E-state index in [1.807, 2.05) is 6.92 Å². The Morgan fingerprint density at radius 2 is 2.12 bits per heavy atom. The van der Waals surface area contributed by atoms with Gasteiger partial charge >= 0.3 is 0 Å². The van der Waals surface area contributed by atoms with Crippen LogP contribution < -0.4 is 5.32 Å². The number of rotatable bonds is 1. The minimum atomic E-state index is 0.871. The number of nitrogens with zero attached hydrogens (tertiary/aromatic N) is 2. The Bertz CT molecular complexity index is 104. The monoisotopic (exact) mass is 113 g/mol. The maximum Gasteiger partial charge on any atom is 0.0978 e. The van der Waals surface area contributed by atoms with E-state index in [2.05, 4.69) is 15.3 Å². The fourth-order valence-electron chi connectivity index (χ4n) is 0.223. The van der Waals surface area contributed by atoms with Crippen LogP contribution in [-0.4, -0.2) is 26.3 Å². The summed E-state index contributed by atoms with van der Waals surface area (Å²) < 4.78 is 0. The first-order valence-electron chi connectivity index (χ1n) is 2.41. The Kier molecular flexibility index (Phi) is 3.84. The smallest absolute Gasteiger partial charge is 0.0978 e. The van der Waals surface area contributed by atoms with Crippen LogP contribution in [0.1, 0.15) is 6.92 Å². The summed E-state index contributed by atoms with van der Waals surface area (Å²) in [5.41, 5.74) is 0. The highest BCUT2D eigenvalue weighted by Gasteiger charge is 1.76. The fourth-order valence-corrected chi connectivity index (χ4v) is 0.223. The Labute approximate surface area is 49.5 Å². The fraction of sp³-hybridized carbons (Fsp3) is 0.600. The van der Waals surface area contributed by atoms with Gasteiger partial charge in [0.15, 0.2) is 0 Å². The van der Waals surface area contributed by atoms with Crippen LogP contribution in [0, 0.1) is 0 Å². The molecule has 0 saturated carbocycles. The maximum atomic E-state index is 3.84. The molecule has 0 spiro atoms. The summed E-state index contributed by atoms with van der Waals surface area (Å²) in [6.45, 7) is 1.88. The highest BCUT2D eigenvalue weighted by Crippen LogP contribution is 1.62. The van der Waals surface area contributed by atoms with Crippen molar-refractivity contribution < 1.29 is 0 Å². The van der Waals surface area contributed by atoms with Crippen LogP contribution in [0.15, 0.2) is 9.98 Å². The SMILES string of the molecule is CN=CNC(C)=NC. The van der Waals surface area contributed by atoms with Crippen LogP contribution in [0.5, 0.6) is 0 Å². The summed E-state index contributed by atoms with van der Waals surface area (Å²) in [5, 5.41) is 2.84. The molecule has 3 nitrogen and oxygen atoms in total. The van der Waals surface area contributed by atoms with Gasteiger partial charge in [-0.3, -0.25) is 9.98 Å². The molecule has 0 bridgehead atoms. The predicted molar refractivity (Wildman–Crippen MR) is 36.6 cm³/mol. The number of hydrogen-bond acceptors (Lipinski definition) is 2. The van der Waals surface area contributed by atoms with E-state index in [9.17, 15) is 0 Å². The van der Waals surface area contributed by atoms with E-state index in [1.54, 1.807) is 20.4 Å². The van der Waals surface area contributed by atoms with Gasteiger partial charge < -0.3 is 5.32 Å². The normalized spacial score (nSPS) is 12.6. The van der Waals surface area contributed by atoms with Gasteiger partial charge in [-0.1, -0.05) is 0 Å². The maximum absolute atomic E-state index is 3.84. The number of aliphatic imine (C=N–C) groups is 2. The first-order valence-corrected chi connectivity index (χ1v) is 2.41. The highest BCUT2D eigenvalue weighted by molar-refractivity contribution is 5.89. The summed E-state index contributed by atoms with van der Waals surface area (Å²) in [6.07, 6.45) is 1.60. The second kappa shape index (κ2) is 4.30. The molecule has 0 aromatic carbocycles. The Hall–Kier alpha value is -0.860. The molecule has 0 aromatic heterocycles. The topological polar surface area (TPSA) is 36.8 Å². The van der Waals surface area contributed by atoms with Crippen molar-refractivity contribution >= 4 is 12.2 Å². The van der Waals surface area contributed by atoms with E-state index in [4.69, 9.17) is 0 Å². The number of nitrogens with one attached hydrogen (secondary N) is 1. The van der Waals surface area contributed by atoms with Crippen LogP contribution in [0.3, 0.4) is 0 Å². The van der Waals surface area contributed by atoms with Crippen molar-refractivity contribution in [2.75, 3.05) is 14.1 Å². The van der Waals surface area contributed by atoms with Crippen molar-refractivity contribution in [2.45, 2.75) is 6.92 Å². The van der Waals surface area contributed by atoms with E-state index < -0.39 is 0 Å². The second-order valence-corrected chi connectivity index (χ2v) is 1.34. The van der Waals surface area contributed by atoms with Gasteiger partial charge in [0.2, 0.25) is 0 Å². The molecule has 0 radical (unpaired) electrons. The van der Waals surface area contributed by atoms with Gasteiger partial charge in [0.25, 0.3) is 0 Å². The summed E-state index contributed by atoms with van der Waals surface area (Å²) >= 11 is 0. The molecule has 0 saturated heterocycles. The molecule has 0 heterocycles. The molecule has 3 heteroatoms. The molecule has 46 valence electrons. The van der Waals surface area contributed by atoms with Crippen LogP contribution in [-0.2, 0) is 0 Å². The molecular formula is C5H11N3. The van der Waals surface area contributed by atoms with Crippen LogP contribution in [0.2, 0.25) is 0 Å². The largest absolute Gasteiger partial charge is 0.336 e. The number of hydrogen-bond donors (Lipinski definition) is 1. The lowest BCUT2D eigenvalue weighted by molar-refractivity contribution is 1.27. The average molecular weight is 113 g/mol. The third-order valence-corrected chi connectivity index (χ3v) is 0.738. The summed E-state index contributed by atoms with van der Waals surface area (Å²) in [5.74, 6) is 0.871. The molecule has 0 aliphatic rings. The zero-order valence-corrected chi connectivity index (χ0v) is 5.47. The molecule has 0 aromatic rings. The van der Waals surface area contributed by atoms with Crippen LogP contribution >= 0.6 is 0 Å². The Morgan fingerprint density at radius 3 is 2.50 bits per heavy atom. The molecule has 0 fully saturated rings. The van der Waals surface area contributed by atoms with E-state index in [0.29, 0.717) is 0 Å². The quantitative estimate of drug-likeness (QED) is 0.385. The van der Waals surface area contributed by atoms with Crippen molar-refractivity contribution in [1.29, 1.82) is 0 Å². The molecule has 0 unspecified atom stereocenters. The first-order chi connectivity index (χ1) is 3.81. The van der Waals surface area contributed by atoms with Crippen molar-refractivity contribution in [3.8, 4) is 0 Å². The predicted octanol–water partition coefficient (Wildman–Crippen LogP) is 0.282. The lowest BCUT2D eigenvalue weighted by atomic mass is 10.7. The van der Waals surface area contributed by atoms with Gasteiger partial charge in [-0.25, -0.2) is 0 Å². The molecule has 0 aliphatic heterocycles. The van der Waals surface area contributed by atoms with E-state index in [1.165, 1.54) is 0 Å². The zero-order valence-electron chi connectivity index (χ0n) is 5.47. The van der Waals surface area contributed by atoms with Gasteiger partial charge in [0.1, 0.15) is 0 Å². The molecule has 0 rings (SSSR count). The van der Waals surface area contributed by atoms with Crippen molar-refractivity contribution in [3.63, 3.8) is 0 Å². The zero-order chi connectivity index (χ0) is 6.41. The standard InChI is InChI=1S/C5H11N3/c1-5(7-3)8-4-6-2/h4H,1-3H3,(H,6,7,8). The van der Waals surface area contributed by atoms with Gasteiger partial charge in [-0.05, 0) is 6.92 Å². The third kappa shape index (κ3) is 3.33. The molecule has 0 aliphatic carbocycles. The van der Waals surface area contributed by atoms with E-state index >= 15 is 0 Å². The van der Waals surface area contributed by atoms with Gasteiger partial charge in [0.05, 0.1) is 12.2 Å². The Balaban J connectivity index is 3.40. The molecular weight excluding hydrogens is 102 g/mol. The minimum absolute atomic E-state index is 0.871. The van der Waals surface area contributed by atoms with Crippen molar-refractivity contribution in [2.24, 2.45) is 9.98 Å². The number of amidine groups is 1. The van der Waals surface area contributed by atoms with Crippen LogP contribution in [0.4, 0.5) is 0 Å². The average Bonchev–Trinajstić information content (AvgIpc) is 1.83. The lowest BCUT2D eigenvalue weighted by Gasteiger charge is -1.92. The summed E-state index contributed by atoms with van der Waals surface area (Å²) in [4.78, 5) is 7.55. The van der Waals surface area contributed by atoms with Gasteiger partial charge in [-0.15, -0.1) is 0 Å². The molecule has 0 amide bonds. The van der Waals surface area contributed by atoms with Crippen molar-refractivity contribution in [1.82, 2.24) is 5.32 Å². The highest BCUT2D eigenvalue weighted by atomic mass is 15.0. The van der Waals surface area contributed by atoms with Gasteiger partial charge in [-0.2, -0.15) is 0 Å². The van der Waals surface area contributed by atoms with E-state index in [0.717, 1.165) is 5.84 Å². The van der Waals surface area contributed by atoms with E-state index in [-0.39, 0.29) is 0 Å². The van der Waals surface area contributed by atoms with Crippen LogP contribution in [0.25, 0.3) is 0 Å². The molecule has 0 atom stereocenters. The van der Waals surface area contributed by atoms with Gasteiger partial charge in [0, 0.05) is 14.1 Å². The first kappa shape index (κ1) is 7.14. The summed E-state index contributed by atoms with van der Waals surface area (Å²) in [6, 6.07) is 0. The van der Waals surface area contributed by atoms with Crippen molar-refractivity contribution in [3.05, 3.63) is 0 Å². The lowest BCUT2D eigenvalue weighted by Crippen LogP contribution is -2.17. The molecule has 1 N–H and O–H groups in total. The summed E-state index contributed by atoms with van der Waals surface area (Å²) in [7, 11) is 3.43. The Morgan fingerprint density at radius 1 is 1.50 bits per heavy atom. The minimum Gasteiger partial charge on any atom is -0.336 e. The second-order valence-electron chi connectivity index (χ2n) is 1.34. The molecule has 8 heavy (non-hydrogen) atoms. The third-order valence-electron chi connectivity index (χ3n) is 0.738.